The topological polar surface area (TPSA) is 106 Å². The molecule has 8 nitrogen and oxygen atoms in total. The van der Waals surface area contributed by atoms with Crippen molar-refractivity contribution >= 4 is 23.3 Å². The third-order valence-corrected chi connectivity index (χ3v) is 5.72. The minimum absolute atomic E-state index is 0.126. The number of ether oxygens (including phenoxy) is 3. The minimum Gasteiger partial charge on any atom is -0.481 e. The van der Waals surface area contributed by atoms with Crippen LogP contribution in [0, 0.1) is 0 Å². The van der Waals surface area contributed by atoms with Crippen LogP contribution in [-0.4, -0.2) is 36.5 Å². The van der Waals surface area contributed by atoms with Gasteiger partial charge in [-0.15, -0.1) is 11.3 Å². The molecule has 1 aromatic heterocycles. The van der Waals surface area contributed by atoms with Gasteiger partial charge >= 0.3 is 12.0 Å². The molecule has 1 aromatic carbocycles. The summed E-state index contributed by atoms with van der Waals surface area (Å²) in [5.41, 5.74) is 0.640. The van der Waals surface area contributed by atoms with Gasteiger partial charge in [-0.1, -0.05) is 31.9 Å². The van der Waals surface area contributed by atoms with E-state index < -0.39 is 18.0 Å². The number of urea groups is 1. The number of carboxylic acid groups (broad SMARTS) is 1. The Bertz CT molecular complexity index is 858. The molecule has 0 aliphatic carbocycles. The highest BCUT2D eigenvalue weighted by Crippen LogP contribution is 2.34. The Morgan fingerprint density at radius 1 is 1.23 bits per heavy atom. The highest BCUT2D eigenvalue weighted by molar-refractivity contribution is 7.09. The number of unbranched alkanes of at least 4 members (excludes halogenated alkanes) is 1. The molecule has 9 heteroatoms. The maximum atomic E-state index is 12.7. The largest absolute Gasteiger partial charge is 0.481 e. The van der Waals surface area contributed by atoms with E-state index in [1.807, 2.05) is 17.5 Å². The molecule has 0 fully saturated rings. The van der Waals surface area contributed by atoms with Crippen LogP contribution in [0.25, 0.3) is 0 Å². The molecule has 2 atom stereocenters. The van der Waals surface area contributed by atoms with E-state index in [2.05, 4.69) is 17.6 Å². The van der Waals surface area contributed by atoms with Gasteiger partial charge in [-0.25, -0.2) is 4.79 Å². The Morgan fingerprint density at radius 3 is 2.81 bits per heavy atom. The smallest absolute Gasteiger partial charge is 0.315 e. The first-order valence-electron chi connectivity index (χ1n) is 10.3. The van der Waals surface area contributed by atoms with Crippen LogP contribution in [-0.2, 0) is 16.1 Å². The van der Waals surface area contributed by atoms with Gasteiger partial charge in [0.15, 0.2) is 11.5 Å². The van der Waals surface area contributed by atoms with Crippen molar-refractivity contribution in [1.82, 2.24) is 10.6 Å². The molecule has 0 spiro atoms. The number of amides is 2. The predicted octanol–water partition coefficient (Wildman–Crippen LogP) is 4.07. The molecule has 31 heavy (non-hydrogen) atoms. The van der Waals surface area contributed by atoms with E-state index >= 15 is 0 Å². The lowest BCUT2D eigenvalue weighted by molar-refractivity contribution is -0.137. The number of aliphatic carboxylic acids is 1. The lowest BCUT2D eigenvalue weighted by atomic mass is 10.0. The SMILES string of the molecule is CCCC[C@@H](COCc1cccs1)NC(=O)N[C@@H](CC(=O)O)c1ccc2c(c1)OCO2. The first kappa shape index (κ1) is 22.9. The molecule has 2 aromatic rings. The van der Waals surface area contributed by atoms with Gasteiger partial charge in [0.05, 0.1) is 31.7 Å². The number of benzene rings is 1. The fraction of sp³-hybridized carbons (Fsp3) is 0.455. The number of nitrogens with one attached hydrogen (secondary N) is 2. The van der Waals surface area contributed by atoms with Gasteiger partial charge in [-0.3, -0.25) is 4.79 Å². The van der Waals surface area contributed by atoms with Crippen molar-refractivity contribution < 1.29 is 28.9 Å². The summed E-state index contributed by atoms with van der Waals surface area (Å²) in [4.78, 5) is 25.2. The minimum atomic E-state index is -1.01. The van der Waals surface area contributed by atoms with Crippen molar-refractivity contribution in [1.29, 1.82) is 0 Å². The van der Waals surface area contributed by atoms with E-state index in [1.165, 1.54) is 0 Å². The number of rotatable bonds is 12. The first-order valence-corrected chi connectivity index (χ1v) is 11.2. The summed E-state index contributed by atoms with van der Waals surface area (Å²) in [7, 11) is 0. The summed E-state index contributed by atoms with van der Waals surface area (Å²) in [6.45, 7) is 3.11. The van der Waals surface area contributed by atoms with Crippen molar-refractivity contribution in [2.24, 2.45) is 0 Å². The number of hydrogen-bond acceptors (Lipinski definition) is 6. The molecule has 1 aliphatic rings. The Morgan fingerprint density at radius 2 is 2.06 bits per heavy atom. The Kier molecular flexibility index (Phi) is 8.54. The number of fused-ring (bicyclic) bond motifs is 1. The third-order valence-electron chi connectivity index (χ3n) is 4.87. The average molecular weight is 449 g/mol. The van der Waals surface area contributed by atoms with Gasteiger partial charge in [0.2, 0.25) is 6.79 Å². The van der Waals surface area contributed by atoms with Gasteiger partial charge in [0.1, 0.15) is 0 Å². The first-order chi connectivity index (χ1) is 15.0. The quantitative estimate of drug-likeness (QED) is 0.452. The highest BCUT2D eigenvalue weighted by Gasteiger charge is 2.23. The number of carbonyl (C=O) groups excluding carboxylic acids is 1. The maximum Gasteiger partial charge on any atom is 0.315 e. The van der Waals surface area contributed by atoms with E-state index in [0.717, 1.165) is 24.1 Å². The summed E-state index contributed by atoms with van der Waals surface area (Å²) in [5, 5.41) is 17.0. The fourth-order valence-electron chi connectivity index (χ4n) is 3.29. The standard InChI is InChI=1S/C22H28N2O6S/c1-2-3-5-16(12-28-13-17-6-4-9-31-17)23-22(27)24-18(11-21(25)26)15-7-8-19-20(10-15)30-14-29-19/h4,6-10,16,18H,2-3,5,11-14H2,1H3,(H,25,26)(H2,23,24,27)/t16-,18-/m0/s1. The molecule has 3 N–H and O–H groups in total. The Balaban J connectivity index is 1.59. The summed E-state index contributed by atoms with van der Waals surface area (Å²) in [6.07, 6.45) is 2.49. The van der Waals surface area contributed by atoms with E-state index in [1.54, 1.807) is 29.5 Å². The van der Waals surface area contributed by atoms with Crippen LogP contribution in [0.4, 0.5) is 4.79 Å². The molecule has 168 valence electrons. The van der Waals surface area contributed by atoms with E-state index in [4.69, 9.17) is 14.2 Å². The van der Waals surface area contributed by atoms with Crippen LogP contribution < -0.4 is 20.1 Å². The van der Waals surface area contributed by atoms with E-state index in [-0.39, 0.29) is 19.3 Å². The number of thiophene rings is 1. The van der Waals surface area contributed by atoms with Gasteiger partial charge in [0.25, 0.3) is 0 Å². The fourth-order valence-corrected chi connectivity index (χ4v) is 3.93. The van der Waals surface area contributed by atoms with Gasteiger partial charge in [-0.2, -0.15) is 0 Å². The number of carboxylic acids is 1. The monoisotopic (exact) mass is 448 g/mol. The van der Waals surface area contributed by atoms with Crippen LogP contribution in [0.2, 0.25) is 0 Å². The van der Waals surface area contributed by atoms with Gasteiger partial charge < -0.3 is 30.0 Å². The van der Waals surface area contributed by atoms with Crippen LogP contribution in [0.1, 0.15) is 49.1 Å². The average Bonchev–Trinajstić information content (AvgIpc) is 3.42. The zero-order chi connectivity index (χ0) is 22.1. The molecular weight excluding hydrogens is 420 g/mol. The predicted molar refractivity (Wildman–Crippen MR) is 117 cm³/mol. The normalized spacial score (nSPS) is 14.1. The van der Waals surface area contributed by atoms with Crippen LogP contribution >= 0.6 is 11.3 Å². The van der Waals surface area contributed by atoms with Gasteiger partial charge in [-0.05, 0) is 35.6 Å². The molecule has 0 radical (unpaired) electrons. The molecule has 2 heterocycles. The zero-order valence-corrected chi connectivity index (χ0v) is 18.3. The molecule has 0 saturated heterocycles. The van der Waals surface area contributed by atoms with Crippen molar-refractivity contribution in [3.63, 3.8) is 0 Å². The molecule has 0 bridgehead atoms. The molecule has 0 unspecified atom stereocenters. The van der Waals surface area contributed by atoms with Crippen LogP contribution in [0.5, 0.6) is 11.5 Å². The van der Waals surface area contributed by atoms with Crippen molar-refractivity contribution in [3.05, 3.63) is 46.2 Å². The Labute approximate surface area is 185 Å². The zero-order valence-electron chi connectivity index (χ0n) is 17.5. The van der Waals surface area contributed by atoms with Crippen LogP contribution in [0.15, 0.2) is 35.7 Å². The number of carbonyl (C=O) groups is 2. The Hall–Kier alpha value is -2.78. The maximum absolute atomic E-state index is 12.7. The lowest BCUT2D eigenvalue weighted by Crippen LogP contribution is -2.45. The second-order valence-corrected chi connectivity index (χ2v) is 8.35. The molecule has 3 rings (SSSR count). The van der Waals surface area contributed by atoms with E-state index in [9.17, 15) is 14.7 Å². The highest BCUT2D eigenvalue weighted by atomic mass is 32.1. The lowest BCUT2D eigenvalue weighted by Gasteiger charge is -2.22. The van der Waals surface area contributed by atoms with Crippen molar-refractivity contribution in [3.8, 4) is 11.5 Å². The molecule has 0 saturated carbocycles. The second kappa shape index (κ2) is 11.6. The molecule has 1 aliphatic heterocycles. The van der Waals surface area contributed by atoms with E-state index in [0.29, 0.717) is 30.3 Å². The summed E-state index contributed by atoms with van der Waals surface area (Å²) in [5.74, 6) is 0.132. The summed E-state index contributed by atoms with van der Waals surface area (Å²) < 4.78 is 16.5. The third kappa shape index (κ3) is 7.15. The molecule has 2 amide bonds. The summed E-state index contributed by atoms with van der Waals surface area (Å²) in [6, 6.07) is 7.84. The summed E-state index contributed by atoms with van der Waals surface area (Å²) >= 11 is 1.63. The number of hydrogen-bond donors (Lipinski definition) is 3. The van der Waals surface area contributed by atoms with Crippen molar-refractivity contribution in [2.45, 2.75) is 51.3 Å². The van der Waals surface area contributed by atoms with Crippen molar-refractivity contribution in [2.75, 3.05) is 13.4 Å². The van der Waals surface area contributed by atoms with Crippen LogP contribution in [0.3, 0.4) is 0 Å². The van der Waals surface area contributed by atoms with Gasteiger partial charge in [0, 0.05) is 4.88 Å². The second-order valence-electron chi connectivity index (χ2n) is 7.31. The molecular formula is C22H28N2O6S.